The van der Waals surface area contributed by atoms with Gasteiger partial charge in [-0.1, -0.05) is 53.7 Å². The van der Waals surface area contributed by atoms with Crippen molar-refractivity contribution in [1.82, 2.24) is 42.5 Å². The summed E-state index contributed by atoms with van der Waals surface area (Å²) in [6.07, 6.45) is -1.82. The van der Waals surface area contributed by atoms with Gasteiger partial charge in [0.15, 0.2) is 0 Å². The fourth-order valence-electron chi connectivity index (χ4n) is 5.86. The Bertz CT molecular complexity index is 1840. The van der Waals surface area contributed by atoms with E-state index in [0.717, 1.165) is 0 Å². The van der Waals surface area contributed by atoms with Gasteiger partial charge in [-0.2, -0.15) is 0 Å². The molecule has 0 fully saturated rings. The molecular formula is C40H61N9O14. The molecule has 350 valence electrons. The number of hydrogen-bond donors (Lipinski definition) is 12. The molecule has 23 heteroatoms. The summed E-state index contributed by atoms with van der Waals surface area (Å²) in [7, 11) is 0. The minimum atomic E-state index is -1.84. The minimum Gasteiger partial charge on any atom is -0.508 e. The molecule has 0 aliphatic carbocycles. The van der Waals surface area contributed by atoms with Crippen molar-refractivity contribution in [3.63, 3.8) is 0 Å². The molecule has 0 spiro atoms. The number of hydrogen-bond acceptors (Lipinski definition) is 12. The molecule has 13 N–H and O–H groups in total. The van der Waals surface area contributed by atoms with E-state index in [-0.39, 0.29) is 24.5 Å². The highest BCUT2D eigenvalue weighted by Gasteiger charge is 2.36. The molecule has 0 saturated heterocycles. The first-order valence-electron chi connectivity index (χ1n) is 20.1. The molecule has 9 amide bonds. The first-order valence-corrected chi connectivity index (χ1v) is 20.1. The van der Waals surface area contributed by atoms with E-state index in [1.807, 2.05) is 0 Å². The summed E-state index contributed by atoms with van der Waals surface area (Å²) < 4.78 is 0. The zero-order chi connectivity index (χ0) is 48.3. The predicted molar refractivity (Wildman–Crippen MR) is 223 cm³/mol. The number of benzene rings is 1. The summed E-state index contributed by atoms with van der Waals surface area (Å²) in [6, 6.07) is -4.18. The molecule has 0 saturated carbocycles. The normalized spacial score (nSPS) is 14.3. The highest BCUT2D eigenvalue weighted by molar-refractivity contribution is 5.99. The van der Waals surface area contributed by atoms with Crippen LogP contribution in [0.5, 0.6) is 5.75 Å². The monoisotopic (exact) mass is 891 g/mol. The molecule has 0 aliphatic rings. The molecule has 1 rings (SSSR count). The van der Waals surface area contributed by atoms with Crippen LogP contribution in [0.2, 0.25) is 0 Å². The summed E-state index contributed by atoms with van der Waals surface area (Å²) >= 11 is 0. The summed E-state index contributed by atoms with van der Waals surface area (Å²) in [5.41, 5.74) is 5.93. The maximum atomic E-state index is 13.6. The second-order valence-corrected chi connectivity index (χ2v) is 16.0. The molecule has 0 radical (unpaired) electrons. The fraction of sp³-hybridized carbons (Fsp3) is 0.575. The lowest BCUT2D eigenvalue weighted by Gasteiger charge is -2.29. The Balaban J connectivity index is 3.06. The number of carboxylic acids is 2. The van der Waals surface area contributed by atoms with Crippen molar-refractivity contribution in [2.45, 2.75) is 123 Å². The Labute approximate surface area is 364 Å². The average molecular weight is 892 g/mol. The van der Waals surface area contributed by atoms with Gasteiger partial charge in [0.05, 0.1) is 19.4 Å². The van der Waals surface area contributed by atoms with Gasteiger partial charge in [0.25, 0.3) is 0 Å². The van der Waals surface area contributed by atoms with Gasteiger partial charge < -0.3 is 63.6 Å². The van der Waals surface area contributed by atoms with E-state index < -0.39 is 139 Å². The third kappa shape index (κ3) is 20.1. The number of nitrogens with two attached hydrogens (primary N) is 1. The molecule has 0 heterocycles. The summed E-state index contributed by atoms with van der Waals surface area (Å²) in [5, 5.41) is 47.3. The Morgan fingerprint density at radius 2 is 1.05 bits per heavy atom. The van der Waals surface area contributed by atoms with Gasteiger partial charge in [-0.05, 0) is 48.8 Å². The highest BCUT2D eigenvalue weighted by atomic mass is 16.4. The molecule has 1 aromatic carbocycles. The Morgan fingerprint density at radius 3 is 1.51 bits per heavy atom. The Kier molecular flexibility index (Phi) is 22.2. The van der Waals surface area contributed by atoms with E-state index in [2.05, 4.69) is 42.5 Å². The van der Waals surface area contributed by atoms with Crippen LogP contribution < -0.4 is 48.3 Å². The van der Waals surface area contributed by atoms with Crippen LogP contribution in [0, 0.1) is 17.8 Å². The zero-order valence-corrected chi connectivity index (χ0v) is 36.5. The smallest absolute Gasteiger partial charge is 0.326 e. The van der Waals surface area contributed by atoms with Crippen LogP contribution in [-0.4, -0.2) is 129 Å². The number of carboxylic acid groups (broad SMARTS) is 2. The number of phenolic OH excluding ortho intramolecular Hbond substituents is 1. The van der Waals surface area contributed by atoms with Crippen LogP contribution in [0.25, 0.3) is 0 Å². The van der Waals surface area contributed by atoms with Gasteiger partial charge in [-0.15, -0.1) is 0 Å². The third-order valence-electron chi connectivity index (χ3n) is 9.13. The van der Waals surface area contributed by atoms with Crippen molar-refractivity contribution < 1.29 is 68.1 Å². The number of aliphatic carboxylic acids is 2. The second kappa shape index (κ2) is 25.8. The van der Waals surface area contributed by atoms with Crippen molar-refractivity contribution >= 4 is 65.1 Å². The number of amides is 9. The van der Waals surface area contributed by atoms with Gasteiger partial charge in [0.1, 0.15) is 48.0 Å². The predicted octanol–water partition coefficient (Wildman–Crippen LogP) is -2.72. The molecule has 0 bridgehead atoms. The van der Waals surface area contributed by atoms with Gasteiger partial charge in [-0.3, -0.25) is 47.9 Å². The average Bonchev–Trinajstić information content (AvgIpc) is 3.16. The number of carbonyl (C=O) groups excluding carboxylic acids is 9. The van der Waals surface area contributed by atoms with Crippen LogP contribution in [0.15, 0.2) is 24.3 Å². The van der Waals surface area contributed by atoms with Crippen LogP contribution in [0.1, 0.15) is 80.2 Å². The largest absolute Gasteiger partial charge is 0.508 e. The van der Waals surface area contributed by atoms with Crippen molar-refractivity contribution in [2.75, 3.05) is 6.54 Å². The number of nitrogens with one attached hydrogen (secondary N) is 8. The third-order valence-corrected chi connectivity index (χ3v) is 9.13. The highest BCUT2D eigenvalue weighted by Crippen LogP contribution is 2.12. The standard InChI is InChI=1S/C40H61N9O14/c1-18(2)13-28(40(62)63)47-37(59)27(16-31(54)55)45-36(58)26(15-29(41)52)46-38(60)32(19(3)4)49-39(61)33(20(5)6)48-34(56)21(7)43-30(53)17-42-35(57)25(44-22(8)50)14-23-9-11-24(51)12-10-23/h9-12,18-21,25-28,32-33,51H,13-17H2,1-8H3,(H2,41,52)(H,42,57)(H,43,53)(H,44,50)(H,45,58)(H,46,60)(H,47,59)(H,48,56)(H,49,61)(H,54,55)(H,62,63). The first-order chi connectivity index (χ1) is 29.2. The van der Waals surface area contributed by atoms with Crippen molar-refractivity contribution in [2.24, 2.45) is 23.5 Å². The molecular weight excluding hydrogens is 830 g/mol. The molecule has 0 aliphatic heterocycles. The van der Waals surface area contributed by atoms with Gasteiger partial charge in [0, 0.05) is 13.3 Å². The number of primary amides is 1. The summed E-state index contributed by atoms with van der Waals surface area (Å²) in [4.78, 5) is 139. The topological polar surface area (TPSA) is 371 Å². The van der Waals surface area contributed by atoms with Gasteiger partial charge >= 0.3 is 11.9 Å². The summed E-state index contributed by atoms with van der Waals surface area (Å²) in [5.74, 6) is -12.6. The van der Waals surface area contributed by atoms with Gasteiger partial charge in [0.2, 0.25) is 53.2 Å². The van der Waals surface area contributed by atoms with E-state index in [1.54, 1.807) is 39.8 Å². The zero-order valence-electron chi connectivity index (χ0n) is 36.5. The number of phenols is 1. The van der Waals surface area contributed by atoms with E-state index in [0.29, 0.717) is 5.56 Å². The van der Waals surface area contributed by atoms with Crippen molar-refractivity contribution in [1.29, 1.82) is 0 Å². The van der Waals surface area contributed by atoms with Crippen molar-refractivity contribution in [3.05, 3.63) is 29.8 Å². The minimum absolute atomic E-state index is 0.00261. The molecule has 0 aromatic heterocycles. The Hall–Kier alpha value is -6.81. The molecule has 7 unspecified atom stereocenters. The van der Waals surface area contributed by atoms with E-state index >= 15 is 0 Å². The van der Waals surface area contributed by atoms with E-state index in [9.17, 15) is 68.1 Å². The first kappa shape index (κ1) is 54.2. The van der Waals surface area contributed by atoms with E-state index in [1.165, 1.54) is 39.8 Å². The maximum Gasteiger partial charge on any atom is 0.326 e. The number of rotatable bonds is 26. The quantitative estimate of drug-likeness (QED) is 0.0450. The molecule has 7 atom stereocenters. The Morgan fingerprint density at radius 1 is 0.571 bits per heavy atom. The van der Waals surface area contributed by atoms with E-state index in [4.69, 9.17) is 5.73 Å². The fourth-order valence-corrected chi connectivity index (χ4v) is 5.86. The number of carbonyl (C=O) groups is 11. The maximum absolute atomic E-state index is 13.6. The SMILES string of the molecule is CC(=O)NC(Cc1ccc(O)cc1)C(=O)NCC(=O)NC(C)C(=O)NC(C(=O)NC(C(=O)NC(CC(N)=O)C(=O)NC(CC(=O)O)C(=O)NC(CC(C)C)C(=O)O)C(C)C)C(C)C. The lowest BCUT2D eigenvalue weighted by Crippen LogP contribution is -2.61. The van der Waals surface area contributed by atoms with Crippen LogP contribution in [0.4, 0.5) is 0 Å². The molecule has 63 heavy (non-hydrogen) atoms. The van der Waals surface area contributed by atoms with Gasteiger partial charge in [-0.25, -0.2) is 4.79 Å². The van der Waals surface area contributed by atoms with Crippen LogP contribution in [-0.2, 0) is 59.2 Å². The van der Waals surface area contributed by atoms with Crippen LogP contribution in [0.3, 0.4) is 0 Å². The second-order valence-electron chi connectivity index (χ2n) is 16.0. The lowest BCUT2D eigenvalue weighted by molar-refractivity contribution is -0.144. The van der Waals surface area contributed by atoms with Crippen molar-refractivity contribution in [3.8, 4) is 5.75 Å². The van der Waals surface area contributed by atoms with Crippen LogP contribution >= 0.6 is 0 Å². The lowest BCUT2D eigenvalue weighted by atomic mass is 9.99. The molecule has 23 nitrogen and oxygen atoms in total. The summed E-state index contributed by atoms with van der Waals surface area (Å²) in [6.45, 7) is 11.5. The number of aromatic hydroxyl groups is 1. The molecule has 1 aromatic rings.